The van der Waals surface area contributed by atoms with Crippen LogP contribution in [-0.2, 0) is 17.9 Å². The van der Waals surface area contributed by atoms with Crippen molar-refractivity contribution in [2.45, 2.75) is 39.8 Å². The molecule has 0 atom stereocenters. The van der Waals surface area contributed by atoms with Gasteiger partial charge in [0.25, 0.3) is 5.56 Å². The highest BCUT2D eigenvalue weighted by Crippen LogP contribution is 2.16. The maximum Gasteiger partial charge on any atom is 0.331 e. The quantitative estimate of drug-likeness (QED) is 0.856. The Morgan fingerprint density at radius 1 is 1.12 bits per heavy atom. The highest BCUT2D eigenvalue weighted by molar-refractivity contribution is 5.79. The molecule has 1 amide bonds. The van der Waals surface area contributed by atoms with Crippen LogP contribution in [0.2, 0.25) is 0 Å². The Morgan fingerprint density at radius 3 is 2.46 bits per heavy atom. The maximum absolute atomic E-state index is 12.7. The molecule has 2 heterocycles. The van der Waals surface area contributed by atoms with Gasteiger partial charge >= 0.3 is 5.69 Å². The summed E-state index contributed by atoms with van der Waals surface area (Å²) in [6, 6.07) is 7.04. The number of piperidine rings is 1. The first-order valence-electron chi connectivity index (χ1n) is 8.53. The number of benzene rings is 1. The van der Waals surface area contributed by atoms with Crippen LogP contribution in [0.15, 0.2) is 33.9 Å². The zero-order valence-electron chi connectivity index (χ0n) is 14.2. The molecule has 0 radical (unpaired) electrons. The van der Waals surface area contributed by atoms with Crippen molar-refractivity contribution in [2.24, 2.45) is 5.92 Å². The van der Waals surface area contributed by atoms with Gasteiger partial charge in [-0.2, -0.15) is 0 Å². The summed E-state index contributed by atoms with van der Waals surface area (Å²) in [7, 11) is 0. The number of amides is 1. The zero-order chi connectivity index (χ0) is 17.3. The van der Waals surface area contributed by atoms with E-state index in [0.29, 0.717) is 36.5 Å². The number of rotatable bonds is 3. The average molecular weight is 329 g/mol. The Morgan fingerprint density at radius 2 is 1.79 bits per heavy atom. The van der Waals surface area contributed by atoms with Crippen LogP contribution in [0.1, 0.15) is 26.7 Å². The lowest BCUT2D eigenvalue weighted by atomic mass is 9.99. The Bertz CT molecular complexity index is 873. The van der Waals surface area contributed by atoms with Crippen LogP contribution in [-0.4, -0.2) is 33.0 Å². The van der Waals surface area contributed by atoms with Gasteiger partial charge in [0, 0.05) is 19.6 Å². The molecule has 128 valence electrons. The minimum atomic E-state index is -0.417. The molecule has 1 aliphatic rings. The molecule has 3 rings (SSSR count). The fraction of sp³-hybridized carbons (Fsp3) is 0.500. The molecule has 0 aliphatic carbocycles. The predicted molar refractivity (Wildman–Crippen MR) is 93.1 cm³/mol. The predicted octanol–water partition coefficient (Wildman–Crippen LogP) is 1.44. The molecule has 0 bridgehead atoms. The summed E-state index contributed by atoms with van der Waals surface area (Å²) in [5.74, 6) is 0.466. The van der Waals surface area contributed by atoms with Crippen molar-refractivity contribution in [3.05, 3.63) is 45.1 Å². The van der Waals surface area contributed by atoms with Gasteiger partial charge in [-0.3, -0.25) is 18.7 Å². The summed E-state index contributed by atoms with van der Waals surface area (Å²) in [5.41, 5.74) is -0.190. The van der Waals surface area contributed by atoms with E-state index in [1.54, 1.807) is 33.7 Å². The number of likely N-dealkylation sites (tertiary alicyclic amines) is 1. The van der Waals surface area contributed by atoms with Crippen LogP contribution in [0, 0.1) is 5.92 Å². The van der Waals surface area contributed by atoms with Gasteiger partial charge in [-0.25, -0.2) is 4.79 Å². The van der Waals surface area contributed by atoms with Crippen LogP contribution >= 0.6 is 0 Å². The third kappa shape index (κ3) is 2.88. The number of fused-ring (bicyclic) bond motifs is 1. The summed E-state index contributed by atoms with van der Waals surface area (Å²) < 4.78 is 2.62. The van der Waals surface area contributed by atoms with Crippen molar-refractivity contribution in [2.75, 3.05) is 13.1 Å². The second kappa shape index (κ2) is 6.63. The van der Waals surface area contributed by atoms with Gasteiger partial charge in [-0.15, -0.1) is 0 Å². The number of carbonyl (C=O) groups excluding carboxylic acids is 1. The molecular weight excluding hydrogens is 306 g/mol. The summed E-state index contributed by atoms with van der Waals surface area (Å²) >= 11 is 0. The van der Waals surface area contributed by atoms with Gasteiger partial charge in [0.1, 0.15) is 6.54 Å². The first-order chi connectivity index (χ1) is 11.5. The topological polar surface area (TPSA) is 64.3 Å². The molecule has 6 heteroatoms. The summed E-state index contributed by atoms with van der Waals surface area (Å²) in [6.07, 6.45) is 1.94. The Hall–Kier alpha value is -2.37. The van der Waals surface area contributed by atoms with Crippen LogP contribution in [0.4, 0.5) is 0 Å². The van der Waals surface area contributed by atoms with Crippen LogP contribution in [0.3, 0.4) is 0 Å². The second-order valence-corrected chi connectivity index (χ2v) is 6.50. The van der Waals surface area contributed by atoms with E-state index in [4.69, 9.17) is 0 Å². The maximum atomic E-state index is 12.7. The molecule has 0 spiro atoms. The minimum absolute atomic E-state index is 0.154. The molecule has 0 saturated carbocycles. The van der Waals surface area contributed by atoms with Gasteiger partial charge in [-0.1, -0.05) is 19.1 Å². The molecule has 1 saturated heterocycles. The SMILES string of the molecule is CCn1c(=O)n(CC(=O)N2CCC(C)CC2)c(=O)c2ccccc21. The van der Waals surface area contributed by atoms with E-state index in [0.717, 1.165) is 17.4 Å². The van der Waals surface area contributed by atoms with Crippen molar-refractivity contribution in [3.63, 3.8) is 0 Å². The van der Waals surface area contributed by atoms with Gasteiger partial charge in [0.2, 0.25) is 5.91 Å². The molecule has 1 aliphatic heterocycles. The van der Waals surface area contributed by atoms with E-state index >= 15 is 0 Å². The summed E-state index contributed by atoms with van der Waals surface area (Å²) in [4.78, 5) is 39.6. The first-order valence-corrected chi connectivity index (χ1v) is 8.53. The molecule has 1 aromatic carbocycles. The van der Waals surface area contributed by atoms with Gasteiger partial charge in [-0.05, 0) is 37.8 Å². The molecule has 1 aromatic heterocycles. The molecule has 24 heavy (non-hydrogen) atoms. The van der Waals surface area contributed by atoms with Crippen molar-refractivity contribution in [3.8, 4) is 0 Å². The second-order valence-electron chi connectivity index (χ2n) is 6.50. The Balaban J connectivity index is 1.99. The normalized spacial score (nSPS) is 15.8. The Kier molecular flexibility index (Phi) is 4.55. The molecular formula is C18H23N3O3. The van der Waals surface area contributed by atoms with E-state index in [1.807, 2.05) is 6.92 Å². The molecule has 0 N–H and O–H groups in total. The van der Waals surface area contributed by atoms with E-state index in [1.165, 1.54) is 0 Å². The number of carbonyl (C=O) groups is 1. The van der Waals surface area contributed by atoms with Crippen LogP contribution < -0.4 is 11.2 Å². The highest BCUT2D eigenvalue weighted by atomic mass is 16.2. The van der Waals surface area contributed by atoms with Crippen molar-refractivity contribution in [1.29, 1.82) is 0 Å². The van der Waals surface area contributed by atoms with E-state index in [-0.39, 0.29) is 18.0 Å². The summed E-state index contributed by atoms with van der Waals surface area (Å²) in [6.45, 7) is 5.70. The number of nitrogens with zero attached hydrogens (tertiary/aromatic N) is 3. The van der Waals surface area contributed by atoms with E-state index in [9.17, 15) is 14.4 Å². The molecule has 1 fully saturated rings. The third-order valence-corrected chi connectivity index (χ3v) is 4.88. The smallest absolute Gasteiger partial charge is 0.331 e. The average Bonchev–Trinajstić information content (AvgIpc) is 2.59. The van der Waals surface area contributed by atoms with E-state index in [2.05, 4.69) is 6.92 Å². The molecule has 6 nitrogen and oxygen atoms in total. The number of para-hydroxylation sites is 1. The number of hydrogen-bond donors (Lipinski definition) is 0. The van der Waals surface area contributed by atoms with Gasteiger partial charge in [0.15, 0.2) is 0 Å². The molecule has 0 unspecified atom stereocenters. The standard InChI is InChI=1S/C18H23N3O3/c1-3-20-15-7-5-4-6-14(15)17(23)21(18(20)24)12-16(22)19-10-8-13(2)9-11-19/h4-7,13H,3,8-12H2,1-2H3. The molecule has 2 aromatic rings. The third-order valence-electron chi connectivity index (χ3n) is 4.88. The Labute approximate surface area is 140 Å². The monoisotopic (exact) mass is 329 g/mol. The number of aryl methyl sites for hydroxylation is 1. The van der Waals surface area contributed by atoms with Crippen LogP contribution in [0.5, 0.6) is 0 Å². The lowest BCUT2D eigenvalue weighted by molar-refractivity contribution is -0.133. The zero-order valence-corrected chi connectivity index (χ0v) is 14.2. The minimum Gasteiger partial charge on any atom is -0.341 e. The fourth-order valence-electron chi connectivity index (χ4n) is 3.31. The van der Waals surface area contributed by atoms with Gasteiger partial charge in [0.05, 0.1) is 10.9 Å². The first kappa shape index (κ1) is 16.5. The number of hydrogen-bond acceptors (Lipinski definition) is 3. The lowest BCUT2D eigenvalue weighted by Crippen LogP contribution is -2.46. The van der Waals surface area contributed by atoms with Crippen molar-refractivity contribution >= 4 is 16.8 Å². The van der Waals surface area contributed by atoms with Crippen LogP contribution in [0.25, 0.3) is 10.9 Å². The van der Waals surface area contributed by atoms with Gasteiger partial charge < -0.3 is 4.90 Å². The van der Waals surface area contributed by atoms with E-state index < -0.39 is 5.69 Å². The lowest BCUT2D eigenvalue weighted by Gasteiger charge is -2.30. The van der Waals surface area contributed by atoms with Crippen molar-refractivity contribution < 1.29 is 4.79 Å². The highest BCUT2D eigenvalue weighted by Gasteiger charge is 2.22. The summed E-state index contributed by atoms with van der Waals surface area (Å²) in [5, 5.41) is 0.471. The number of aromatic nitrogens is 2. The largest absolute Gasteiger partial charge is 0.341 e. The van der Waals surface area contributed by atoms with Crippen molar-refractivity contribution in [1.82, 2.24) is 14.0 Å². The fourth-order valence-corrected chi connectivity index (χ4v) is 3.31.